The lowest BCUT2D eigenvalue weighted by molar-refractivity contribution is -0.0378. The van der Waals surface area contributed by atoms with Gasteiger partial charge in [-0.25, -0.2) is 0 Å². The van der Waals surface area contributed by atoms with Crippen LogP contribution in [0.1, 0.15) is 46.6 Å². The fraction of sp³-hybridized carbons (Fsp3) is 0.647. The monoisotopic (exact) mass is 367 g/mol. The molecule has 0 spiro atoms. The van der Waals surface area contributed by atoms with Crippen molar-refractivity contribution in [3.8, 4) is 5.75 Å². The first kappa shape index (κ1) is 17.7. The molecule has 3 rings (SSSR count). The van der Waals surface area contributed by atoms with E-state index in [4.69, 9.17) is 16.0 Å². The van der Waals surface area contributed by atoms with Crippen molar-refractivity contribution in [3.63, 3.8) is 0 Å². The lowest BCUT2D eigenvalue weighted by Crippen LogP contribution is -2.54. The van der Waals surface area contributed by atoms with E-state index >= 15 is 0 Å². The van der Waals surface area contributed by atoms with Crippen molar-refractivity contribution in [2.24, 2.45) is 0 Å². The number of aromatic hydroxyl groups is 1. The first-order chi connectivity index (χ1) is 10.9. The molecule has 1 saturated carbocycles. The summed E-state index contributed by atoms with van der Waals surface area (Å²) in [5, 5.41) is 19.3. The van der Waals surface area contributed by atoms with Gasteiger partial charge >= 0.3 is 0 Å². The summed E-state index contributed by atoms with van der Waals surface area (Å²) >= 11 is 5.88. The topological polar surface area (TPSA) is 60.2 Å². The molecule has 0 aromatic carbocycles. The van der Waals surface area contributed by atoms with Crippen LogP contribution in [0.2, 0.25) is 23.3 Å². The van der Waals surface area contributed by atoms with Gasteiger partial charge in [0.2, 0.25) is 0 Å². The van der Waals surface area contributed by atoms with E-state index in [1.165, 1.54) is 0 Å². The Hall–Kier alpha value is -1.11. The van der Waals surface area contributed by atoms with E-state index in [9.17, 15) is 5.11 Å². The second-order valence-corrected chi connectivity index (χ2v) is 13.8. The zero-order chi connectivity index (χ0) is 17.9. The van der Waals surface area contributed by atoms with E-state index in [1.54, 1.807) is 12.3 Å². The van der Waals surface area contributed by atoms with Crippen molar-refractivity contribution in [2.75, 3.05) is 0 Å². The molecule has 0 radical (unpaired) electrons. The first-order valence-electron chi connectivity index (χ1n) is 8.35. The molecule has 1 N–H and O–H groups in total. The second-order valence-electron chi connectivity index (χ2n) is 8.70. The van der Waals surface area contributed by atoms with Crippen LogP contribution in [0.4, 0.5) is 0 Å². The number of hydrogen-bond donors (Lipinski definition) is 1. The number of aromatic nitrogens is 3. The molecule has 1 aliphatic carbocycles. The maximum absolute atomic E-state index is 10.1. The van der Waals surface area contributed by atoms with Crippen molar-refractivity contribution in [1.29, 1.82) is 0 Å². The molecule has 2 aromatic heterocycles. The Bertz CT molecular complexity index is 776. The quantitative estimate of drug-likeness (QED) is 0.783. The zero-order valence-corrected chi connectivity index (χ0v) is 17.0. The minimum Gasteiger partial charge on any atom is -0.506 e. The van der Waals surface area contributed by atoms with Crippen molar-refractivity contribution in [2.45, 2.75) is 70.3 Å². The Morgan fingerprint density at radius 1 is 1.33 bits per heavy atom. The molecule has 0 saturated heterocycles. The summed E-state index contributed by atoms with van der Waals surface area (Å²) in [5.41, 5.74) is 0.566. The smallest absolute Gasteiger partial charge is 0.192 e. The SMILES string of the molecule is CC1(O[Si](C)(C)C(C)(C)C)CC(n2cc(O)c3cc(Cl)nnc32)C1. The number of halogens is 1. The van der Waals surface area contributed by atoms with E-state index in [-0.39, 0.29) is 27.6 Å². The Morgan fingerprint density at radius 2 is 1.96 bits per heavy atom. The molecule has 0 atom stereocenters. The van der Waals surface area contributed by atoms with E-state index in [0.29, 0.717) is 11.0 Å². The molecule has 0 amide bonds. The summed E-state index contributed by atoms with van der Waals surface area (Å²) in [5.74, 6) is 0.195. The normalized spacial score (nSPS) is 25.0. The summed E-state index contributed by atoms with van der Waals surface area (Å²) in [7, 11) is -1.80. The fourth-order valence-electron chi connectivity index (χ4n) is 3.27. The van der Waals surface area contributed by atoms with Crippen molar-refractivity contribution in [3.05, 3.63) is 17.4 Å². The summed E-state index contributed by atoms with van der Waals surface area (Å²) in [6, 6.07) is 1.92. The molecule has 7 heteroatoms. The van der Waals surface area contributed by atoms with Crippen LogP contribution in [0.15, 0.2) is 12.3 Å². The van der Waals surface area contributed by atoms with Gasteiger partial charge in [0, 0.05) is 12.2 Å². The Morgan fingerprint density at radius 3 is 2.54 bits per heavy atom. The lowest BCUT2D eigenvalue weighted by atomic mass is 9.77. The lowest BCUT2D eigenvalue weighted by Gasteiger charge is -2.52. The van der Waals surface area contributed by atoms with Gasteiger partial charge in [0.1, 0.15) is 5.75 Å². The molecule has 0 unspecified atom stereocenters. The second kappa shape index (κ2) is 5.44. The molecule has 132 valence electrons. The van der Waals surface area contributed by atoms with E-state index in [2.05, 4.69) is 51.0 Å². The minimum absolute atomic E-state index is 0.111. The third-order valence-corrected chi connectivity index (χ3v) is 10.4. The molecular formula is C17H26ClN3O2Si. The van der Waals surface area contributed by atoms with Gasteiger partial charge in [-0.2, -0.15) is 0 Å². The molecule has 1 aliphatic rings. The minimum atomic E-state index is -1.80. The molecule has 5 nitrogen and oxygen atoms in total. The zero-order valence-electron chi connectivity index (χ0n) is 15.2. The summed E-state index contributed by atoms with van der Waals surface area (Å²) in [4.78, 5) is 0. The van der Waals surface area contributed by atoms with Crippen LogP contribution >= 0.6 is 11.6 Å². The van der Waals surface area contributed by atoms with Crippen LogP contribution < -0.4 is 0 Å². The average molecular weight is 368 g/mol. The van der Waals surface area contributed by atoms with Crippen LogP contribution in [0.5, 0.6) is 5.75 Å². The molecular weight excluding hydrogens is 342 g/mol. The predicted octanol–water partition coefficient (Wildman–Crippen LogP) is 4.91. The van der Waals surface area contributed by atoms with Gasteiger partial charge in [-0.15, -0.1) is 10.2 Å². The molecule has 24 heavy (non-hydrogen) atoms. The highest BCUT2D eigenvalue weighted by Gasteiger charge is 2.49. The maximum atomic E-state index is 10.1. The molecule has 2 aromatic rings. The molecule has 2 heterocycles. The molecule has 1 fully saturated rings. The summed E-state index contributed by atoms with van der Waals surface area (Å²) in [6.45, 7) is 13.5. The largest absolute Gasteiger partial charge is 0.506 e. The van der Waals surface area contributed by atoms with E-state index in [1.807, 2.05) is 4.57 Å². The van der Waals surface area contributed by atoms with Crippen molar-refractivity contribution < 1.29 is 9.53 Å². The van der Waals surface area contributed by atoms with Crippen LogP contribution in [0.25, 0.3) is 11.0 Å². The fourth-order valence-corrected chi connectivity index (χ4v) is 5.12. The maximum Gasteiger partial charge on any atom is 0.192 e. The van der Waals surface area contributed by atoms with Gasteiger partial charge < -0.3 is 14.1 Å². The Labute approximate surface area is 149 Å². The molecule has 0 bridgehead atoms. The number of rotatable bonds is 3. The van der Waals surface area contributed by atoms with Gasteiger partial charge in [0.25, 0.3) is 0 Å². The van der Waals surface area contributed by atoms with Crippen molar-refractivity contribution >= 4 is 31.0 Å². The third kappa shape index (κ3) is 2.95. The van der Waals surface area contributed by atoms with Gasteiger partial charge in [-0.3, -0.25) is 0 Å². The van der Waals surface area contributed by atoms with Gasteiger partial charge in [0.15, 0.2) is 19.1 Å². The number of nitrogens with zero attached hydrogens (tertiary/aromatic N) is 3. The van der Waals surface area contributed by atoms with E-state index < -0.39 is 8.32 Å². The van der Waals surface area contributed by atoms with Gasteiger partial charge in [-0.1, -0.05) is 32.4 Å². The van der Waals surface area contributed by atoms with Crippen molar-refractivity contribution in [1.82, 2.24) is 14.8 Å². The highest BCUT2D eigenvalue weighted by molar-refractivity contribution is 6.74. The van der Waals surface area contributed by atoms with Crippen LogP contribution in [0.3, 0.4) is 0 Å². The predicted molar refractivity (Wildman–Crippen MR) is 99.2 cm³/mol. The molecule has 0 aliphatic heterocycles. The number of hydrogen-bond acceptors (Lipinski definition) is 4. The average Bonchev–Trinajstić information content (AvgIpc) is 2.71. The summed E-state index contributed by atoms with van der Waals surface area (Å²) in [6.07, 6.45) is 3.55. The first-order valence-corrected chi connectivity index (χ1v) is 11.6. The van der Waals surface area contributed by atoms with E-state index in [0.717, 1.165) is 12.8 Å². The number of fused-ring (bicyclic) bond motifs is 1. The van der Waals surface area contributed by atoms with Crippen LogP contribution in [0, 0.1) is 0 Å². The Balaban J connectivity index is 1.80. The van der Waals surface area contributed by atoms with Gasteiger partial charge in [0.05, 0.1) is 11.0 Å². The summed E-state index contributed by atoms with van der Waals surface area (Å²) < 4.78 is 8.63. The van der Waals surface area contributed by atoms with Crippen LogP contribution in [-0.4, -0.2) is 33.8 Å². The highest BCUT2D eigenvalue weighted by Crippen LogP contribution is 2.50. The van der Waals surface area contributed by atoms with Gasteiger partial charge in [-0.05, 0) is 44.0 Å². The Kier molecular flexibility index (Phi) is 4.01. The third-order valence-electron chi connectivity index (χ3n) is 5.56. The highest BCUT2D eigenvalue weighted by atomic mass is 35.5. The standard InChI is InChI=1S/C17H26ClN3O2Si/c1-16(2,3)24(5,6)23-17(4)8-11(9-17)21-10-13(22)12-7-14(18)19-20-15(12)21/h7,10-11,22H,8-9H2,1-6H3. The van der Waals surface area contributed by atoms with Crippen LogP contribution in [-0.2, 0) is 4.43 Å².